The summed E-state index contributed by atoms with van der Waals surface area (Å²) in [6.45, 7) is 3.45. The van der Waals surface area contributed by atoms with Crippen LogP contribution in [-0.4, -0.2) is 30.1 Å². The molecule has 1 saturated carbocycles. The molecule has 0 spiro atoms. The van der Waals surface area contributed by atoms with E-state index in [0.29, 0.717) is 25.8 Å². The standard InChI is InChI=1S/C19H27NO4/c1-2-3-12-24-17-8-4-14(5-9-17)10-11-20-18(21)15-6-7-16(13-15)19(22)23/h4-5,8-9,15-16H,2-3,6-7,10-13H2,1H3,(H,20,21)(H,22,23)/t15-,16+/m1/s1. The van der Waals surface area contributed by atoms with E-state index in [2.05, 4.69) is 12.2 Å². The third-order valence-corrected chi connectivity index (χ3v) is 4.56. The Kier molecular flexibility index (Phi) is 7.09. The Morgan fingerprint density at radius 1 is 1.21 bits per heavy atom. The third-order valence-electron chi connectivity index (χ3n) is 4.56. The van der Waals surface area contributed by atoms with Gasteiger partial charge in [-0.15, -0.1) is 0 Å². The van der Waals surface area contributed by atoms with Crippen LogP contribution in [0.5, 0.6) is 5.75 Å². The summed E-state index contributed by atoms with van der Waals surface area (Å²) in [6, 6.07) is 7.95. The van der Waals surface area contributed by atoms with Gasteiger partial charge >= 0.3 is 5.97 Å². The van der Waals surface area contributed by atoms with Gasteiger partial charge in [-0.25, -0.2) is 0 Å². The molecular formula is C19H27NO4. The van der Waals surface area contributed by atoms with Crippen LogP contribution in [0.25, 0.3) is 0 Å². The Labute approximate surface area is 143 Å². The Balaban J connectivity index is 1.68. The molecule has 24 heavy (non-hydrogen) atoms. The largest absolute Gasteiger partial charge is 0.494 e. The van der Waals surface area contributed by atoms with E-state index >= 15 is 0 Å². The zero-order valence-corrected chi connectivity index (χ0v) is 14.3. The molecule has 5 heteroatoms. The summed E-state index contributed by atoms with van der Waals surface area (Å²) >= 11 is 0. The number of rotatable bonds is 9. The zero-order valence-electron chi connectivity index (χ0n) is 14.3. The highest BCUT2D eigenvalue weighted by Crippen LogP contribution is 2.31. The molecule has 132 valence electrons. The van der Waals surface area contributed by atoms with E-state index in [4.69, 9.17) is 9.84 Å². The molecule has 0 aromatic heterocycles. The molecular weight excluding hydrogens is 306 g/mol. The number of unbranched alkanes of at least 4 members (excludes halogenated alkanes) is 1. The van der Waals surface area contributed by atoms with Crippen molar-refractivity contribution in [2.75, 3.05) is 13.2 Å². The van der Waals surface area contributed by atoms with Crippen molar-refractivity contribution in [2.45, 2.75) is 45.4 Å². The minimum Gasteiger partial charge on any atom is -0.494 e. The predicted octanol–water partition coefficient (Wildman–Crippen LogP) is 3.03. The third kappa shape index (κ3) is 5.55. The van der Waals surface area contributed by atoms with Crippen LogP contribution in [0.1, 0.15) is 44.6 Å². The molecule has 0 radical (unpaired) electrons. The van der Waals surface area contributed by atoms with E-state index in [1.54, 1.807) is 0 Å². The molecule has 0 bridgehead atoms. The molecule has 1 fully saturated rings. The van der Waals surface area contributed by atoms with Crippen molar-refractivity contribution in [3.05, 3.63) is 29.8 Å². The number of hydrogen-bond donors (Lipinski definition) is 2. The Hall–Kier alpha value is -2.04. The van der Waals surface area contributed by atoms with Crippen LogP contribution in [0.15, 0.2) is 24.3 Å². The molecule has 0 heterocycles. The average Bonchev–Trinajstić information content (AvgIpc) is 3.07. The second-order valence-electron chi connectivity index (χ2n) is 6.43. The van der Waals surface area contributed by atoms with Crippen molar-refractivity contribution >= 4 is 11.9 Å². The van der Waals surface area contributed by atoms with Gasteiger partial charge in [0, 0.05) is 12.5 Å². The van der Waals surface area contributed by atoms with Crippen LogP contribution in [0.2, 0.25) is 0 Å². The Morgan fingerprint density at radius 3 is 2.54 bits per heavy atom. The lowest BCUT2D eigenvalue weighted by atomic mass is 10.0. The molecule has 1 amide bonds. The van der Waals surface area contributed by atoms with Crippen molar-refractivity contribution in [2.24, 2.45) is 11.8 Å². The van der Waals surface area contributed by atoms with Gasteiger partial charge in [-0.2, -0.15) is 0 Å². The van der Waals surface area contributed by atoms with Crippen LogP contribution < -0.4 is 10.1 Å². The van der Waals surface area contributed by atoms with Gasteiger partial charge in [0.15, 0.2) is 0 Å². The second kappa shape index (κ2) is 9.30. The number of hydrogen-bond acceptors (Lipinski definition) is 3. The molecule has 1 aliphatic rings. The summed E-state index contributed by atoms with van der Waals surface area (Å²) in [7, 11) is 0. The van der Waals surface area contributed by atoms with E-state index in [1.165, 1.54) is 0 Å². The van der Waals surface area contributed by atoms with E-state index in [9.17, 15) is 9.59 Å². The number of carbonyl (C=O) groups is 2. The number of amides is 1. The smallest absolute Gasteiger partial charge is 0.306 e. The summed E-state index contributed by atoms with van der Waals surface area (Å²) in [5, 5.41) is 11.9. The highest BCUT2D eigenvalue weighted by molar-refractivity contribution is 5.80. The minimum absolute atomic E-state index is 0.0155. The van der Waals surface area contributed by atoms with Gasteiger partial charge in [-0.05, 0) is 49.8 Å². The van der Waals surface area contributed by atoms with Crippen molar-refractivity contribution in [3.63, 3.8) is 0 Å². The van der Waals surface area contributed by atoms with Gasteiger partial charge in [0.05, 0.1) is 12.5 Å². The molecule has 2 atom stereocenters. The fourth-order valence-electron chi connectivity index (χ4n) is 3.01. The van der Waals surface area contributed by atoms with Gasteiger partial charge in [-0.3, -0.25) is 9.59 Å². The van der Waals surface area contributed by atoms with Gasteiger partial charge in [0.2, 0.25) is 5.91 Å². The maximum Gasteiger partial charge on any atom is 0.306 e. The summed E-state index contributed by atoms with van der Waals surface area (Å²) in [5.74, 6) is -0.437. The fraction of sp³-hybridized carbons (Fsp3) is 0.579. The first-order valence-corrected chi connectivity index (χ1v) is 8.82. The molecule has 0 unspecified atom stereocenters. The number of carboxylic acid groups (broad SMARTS) is 1. The molecule has 2 N–H and O–H groups in total. The molecule has 5 nitrogen and oxygen atoms in total. The zero-order chi connectivity index (χ0) is 17.4. The lowest BCUT2D eigenvalue weighted by Gasteiger charge is -2.11. The summed E-state index contributed by atoms with van der Waals surface area (Å²) in [4.78, 5) is 23.0. The van der Waals surface area contributed by atoms with Crippen molar-refractivity contribution in [1.82, 2.24) is 5.32 Å². The van der Waals surface area contributed by atoms with Crippen LogP contribution in [0, 0.1) is 11.8 Å². The first-order chi connectivity index (χ1) is 11.6. The number of carboxylic acids is 1. The number of ether oxygens (including phenoxy) is 1. The average molecular weight is 333 g/mol. The molecule has 1 aromatic carbocycles. The lowest BCUT2D eigenvalue weighted by molar-refractivity contribution is -0.141. The summed E-state index contributed by atoms with van der Waals surface area (Å²) in [5.41, 5.74) is 1.15. The first-order valence-electron chi connectivity index (χ1n) is 8.82. The van der Waals surface area contributed by atoms with Crippen molar-refractivity contribution in [3.8, 4) is 5.75 Å². The van der Waals surface area contributed by atoms with Crippen molar-refractivity contribution < 1.29 is 19.4 Å². The number of benzene rings is 1. The first kappa shape index (κ1) is 18.3. The van der Waals surface area contributed by atoms with Crippen molar-refractivity contribution in [1.29, 1.82) is 0 Å². The summed E-state index contributed by atoms with van der Waals surface area (Å²) < 4.78 is 5.62. The van der Waals surface area contributed by atoms with E-state index in [1.807, 2.05) is 24.3 Å². The fourth-order valence-corrected chi connectivity index (χ4v) is 3.01. The second-order valence-corrected chi connectivity index (χ2v) is 6.43. The summed E-state index contributed by atoms with van der Waals surface area (Å²) in [6.07, 6.45) is 4.67. The van der Waals surface area contributed by atoms with Gasteiger partial charge in [0.25, 0.3) is 0 Å². The normalized spacial score (nSPS) is 19.9. The van der Waals surface area contributed by atoms with Crippen LogP contribution in [0.4, 0.5) is 0 Å². The highest BCUT2D eigenvalue weighted by Gasteiger charge is 2.33. The maximum absolute atomic E-state index is 12.1. The number of nitrogens with one attached hydrogen (secondary N) is 1. The topological polar surface area (TPSA) is 75.6 Å². The quantitative estimate of drug-likeness (QED) is 0.681. The van der Waals surface area contributed by atoms with E-state index in [0.717, 1.165) is 37.2 Å². The Bertz CT molecular complexity index is 541. The monoisotopic (exact) mass is 333 g/mol. The van der Waals surface area contributed by atoms with Gasteiger partial charge < -0.3 is 15.2 Å². The molecule has 1 aromatic rings. The predicted molar refractivity (Wildman–Crippen MR) is 92.0 cm³/mol. The SMILES string of the molecule is CCCCOc1ccc(CCNC(=O)[C@@H]2CC[C@H](C(=O)O)C2)cc1. The van der Waals surface area contributed by atoms with Gasteiger partial charge in [0.1, 0.15) is 5.75 Å². The van der Waals surface area contributed by atoms with E-state index in [-0.39, 0.29) is 17.7 Å². The highest BCUT2D eigenvalue weighted by atomic mass is 16.5. The van der Waals surface area contributed by atoms with E-state index < -0.39 is 5.97 Å². The van der Waals surface area contributed by atoms with Gasteiger partial charge in [-0.1, -0.05) is 25.5 Å². The number of aliphatic carboxylic acids is 1. The van der Waals surface area contributed by atoms with Crippen LogP contribution >= 0.6 is 0 Å². The molecule has 0 saturated heterocycles. The maximum atomic E-state index is 12.1. The minimum atomic E-state index is -0.786. The molecule has 0 aliphatic heterocycles. The van der Waals surface area contributed by atoms with Crippen LogP contribution in [0.3, 0.4) is 0 Å². The van der Waals surface area contributed by atoms with Crippen LogP contribution in [-0.2, 0) is 16.0 Å². The molecule has 2 rings (SSSR count). The molecule has 1 aliphatic carbocycles. The Morgan fingerprint density at radius 2 is 1.92 bits per heavy atom. The lowest BCUT2D eigenvalue weighted by Crippen LogP contribution is -2.31. The number of carbonyl (C=O) groups excluding carboxylic acids is 1.